The maximum Gasteiger partial charge on any atom is 0.338 e. The van der Waals surface area contributed by atoms with Crippen molar-refractivity contribution in [3.63, 3.8) is 0 Å². The molecule has 142 valence electrons. The minimum atomic E-state index is -0.569. The van der Waals surface area contributed by atoms with Gasteiger partial charge in [0.2, 0.25) is 5.91 Å². The van der Waals surface area contributed by atoms with Gasteiger partial charge in [0.1, 0.15) is 0 Å². The first kappa shape index (κ1) is 20.0. The van der Waals surface area contributed by atoms with Gasteiger partial charge in [-0.15, -0.1) is 0 Å². The van der Waals surface area contributed by atoms with Crippen LogP contribution in [0.1, 0.15) is 34.6 Å². The second-order valence-electron chi connectivity index (χ2n) is 5.79. The average molecular weight is 369 g/mol. The molecule has 0 aliphatic carbocycles. The zero-order valence-electron chi connectivity index (χ0n) is 15.4. The van der Waals surface area contributed by atoms with Crippen LogP contribution in [-0.4, -0.2) is 37.5 Å². The van der Waals surface area contributed by atoms with Crippen LogP contribution in [-0.2, 0) is 9.53 Å². The molecule has 0 heterocycles. The van der Waals surface area contributed by atoms with Gasteiger partial charge in [-0.3, -0.25) is 9.59 Å². The van der Waals surface area contributed by atoms with Crippen molar-refractivity contribution in [2.24, 2.45) is 5.73 Å². The number of nitrogens with zero attached hydrogens (tertiary/aromatic N) is 1. The minimum Gasteiger partial charge on any atom is -0.452 e. The molecule has 0 radical (unpaired) electrons. The first-order valence-corrected chi connectivity index (χ1v) is 8.66. The molecule has 0 spiro atoms. The number of nitrogens with two attached hydrogens (primary N) is 1. The molecular formula is C20H23N3O4. The van der Waals surface area contributed by atoms with Gasteiger partial charge >= 0.3 is 5.97 Å². The van der Waals surface area contributed by atoms with Crippen molar-refractivity contribution < 1.29 is 19.1 Å². The molecule has 0 fully saturated rings. The van der Waals surface area contributed by atoms with Crippen LogP contribution in [0.2, 0.25) is 0 Å². The van der Waals surface area contributed by atoms with E-state index < -0.39 is 24.4 Å². The molecule has 0 saturated carbocycles. The van der Waals surface area contributed by atoms with Crippen molar-refractivity contribution in [2.45, 2.75) is 13.8 Å². The number of carbonyl (C=O) groups excluding carboxylic acids is 3. The lowest BCUT2D eigenvalue weighted by Crippen LogP contribution is -2.22. The lowest BCUT2D eigenvalue weighted by Gasteiger charge is -2.20. The van der Waals surface area contributed by atoms with E-state index in [2.05, 4.69) is 24.1 Å². The van der Waals surface area contributed by atoms with Gasteiger partial charge in [-0.25, -0.2) is 4.79 Å². The third kappa shape index (κ3) is 5.57. The molecule has 27 heavy (non-hydrogen) atoms. The second kappa shape index (κ2) is 9.38. The number of primary amides is 1. The van der Waals surface area contributed by atoms with Gasteiger partial charge < -0.3 is 20.7 Å². The molecular weight excluding hydrogens is 346 g/mol. The Morgan fingerprint density at radius 2 is 1.48 bits per heavy atom. The van der Waals surface area contributed by atoms with Crippen molar-refractivity contribution in [1.82, 2.24) is 0 Å². The predicted molar refractivity (Wildman–Crippen MR) is 104 cm³/mol. The summed E-state index contributed by atoms with van der Waals surface area (Å²) in [5.74, 6) is -1.59. The summed E-state index contributed by atoms with van der Waals surface area (Å²) in [6.07, 6.45) is 0. The number of nitrogens with one attached hydrogen (secondary N) is 1. The SMILES string of the molecule is CCN(CC)c1ccc(C(=O)OCC(=O)Nc2ccc(C(N)=O)cc2)cc1. The second-order valence-corrected chi connectivity index (χ2v) is 5.79. The number of esters is 1. The molecule has 2 rings (SSSR count). The van der Waals surface area contributed by atoms with Crippen LogP contribution >= 0.6 is 0 Å². The van der Waals surface area contributed by atoms with Crippen molar-refractivity contribution in [3.05, 3.63) is 59.7 Å². The molecule has 0 saturated heterocycles. The molecule has 2 aromatic carbocycles. The molecule has 2 amide bonds. The number of ether oxygens (including phenoxy) is 1. The standard InChI is InChI=1S/C20H23N3O4/c1-3-23(4-2)17-11-7-15(8-12-17)20(26)27-13-18(24)22-16-9-5-14(6-10-16)19(21)25/h5-12H,3-4,13H2,1-2H3,(H2,21,25)(H,22,24). The highest BCUT2D eigenvalue weighted by atomic mass is 16.5. The number of hydrogen-bond acceptors (Lipinski definition) is 5. The summed E-state index contributed by atoms with van der Waals surface area (Å²) in [5, 5.41) is 2.58. The highest BCUT2D eigenvalue weighted by Crippen LogP contribution is 2.15. The first-order chi connectivity index (χ1) is 12.9. The van der Waals surface area contributed by atoms with Gasteiger partial charge in [0, 0.05) is 30.0 Å². The van der Waals surface area contributed by atoms with Crippen molar-refractivity contribution in [1.29, 1.82) is 0 Å². The van der Waals surface area contributed by atoms with Crippen LogP contribution in [0.3, 0.4) is 0 Å². The molecule has 0 aliphatic rings. The fourth-order valence-corrected chi connectivity index (χ4v) is 2.53. The van der Waals surface area contributed by atoms with Crippen molar-refractivity contribution in [2.75, 3.05) is 29.9 Å². The van der Waals surface area contributed by atoms with Crippen molar-refractivity contribution in [3.8, 4) is 0 Å². The summed E-state index contributed by atoms with van der Waals surface area (Å²) in [4.78, 5) is 37.1. The van der Waals surface area contributed by atoms with Crippen LogP contribution in [0.5, 0.6) is 0 Å². The van der Waals surface area contributed by atoms with Gasteiger partial charge in [-0.2, -0.15) is 0 Å². The Kier molecular flexibility index (Phi) is 6.93. The van der Waals surface area contributed by atoms with E-state index in [0.717, 1.165) is 18.8 Å². The number of benzene rings is 2. The quantitative estimate of drug-likeness (QED) is 0.696. The summed E-state index contributed by atoms with van der Waals surface area (Å²) in [7, 11) is 0. The topological polar surface area (TPSA) is 102 Å². The lowest BCUT2D eigenvalue weighted by molar-refractivity contribution is -0.119. The summed E-state index contributed by atoms with van der Waals surface area (Å²) in [6, 6.07) is 13.2. The van der Waals surface area contributed by atoms with E-state index in [0.29, 0.717) is 16.8 Å². The maximum atomic E-state index is 12.1. The molecule has 7 nitrogen and oxygen atoms in total. The van der Waals surface area contributed by atoms with E-state index in [1.54, 1.807) is 24.3 Å². The number of amides is 2. The molecule has 0 aliphatic heterocycles. The Labute approximate surface area is 158 Å². The third-order valence-electron chi connectivity index (χ3n) is 4.02. The molecule has 0 bridgehead atoms. The Morgan fingerprint density at radius 3 is 2.00 bits per heavy atom. The van der Waals surface area contributed by atoms with E-state index in [9.17, 15) is 14.4 Å². The van der Waals surface area contributed by atoms with Gasteiger partial charge in [0.25, 0.3) is 5.91 Å². The highest BCUT2D eigenvalue weighted by Gasteiger charge is 2.11. The van der Waals surface area contributed by atoms with Gasteiger partial charge in [-0.1, -0.05) is 0 Å². The van der Waals surface area contributed by atoms with E-state index in [1.165, 1.54) is 12.1 Å². The Hall–Kier alpha value is -3.35. The molecule has 0 atom stereocenters. The van der Waals surface area contributed by atoms with Crippen LogP contribution < -0.4 is 16.0 Å². The number of carbonyl (C=O) groups is 3. The zero-order chi connectivity index (χ0) is 19.8. The molecule has 0 unspecified atom stereocenters. The normalized spacial score (nSPS) is 10.1. The fourth-order valence-electron chi connectivity index (χ4n) is 2.53. The molecule has 3 N–H and O–H groups in total. The fraction of sp³-hybridized carbons (Fsp3) is 0.250. The molecule has 7 heteroatoms. The zero-order valence-corrected chi connectivity index (χ0v) is 15.4. The van der Waals surface area contributed by atoms with E-state index >= 15 is 0 Å². The van der Waals surface area contributed by atoms with Crippen LogP contribution in [0.25, 0.3) is 0 Å². The number of rotatable bonds is 8. The smallest absolute Gasteiger partial charge is 0.338 e. The van der Waals surface area contributed by atoms with Gasteiger partial charge in [0.05, 0.1) is 5.56 Å². The van der Waals surface area contributed by atoms with Crippen molar-refractivity contribution >= 4 is 29.2 Å². The third-order valence-corrected chi connectivity index (χ3v) is 4.02. The Bertz CT molecular complexity index is 797. The Morgan fingerprint density at radius 1 is 0.926 bits per heavy atom. The van der Waals surface area contributed by atoms with E-state index in [-0.39, 0.29) is 0 Å². The van der Waals surface area contributed by atoms with Gasteiger partial charge in [-0.05, 0) is 62.4 Å². The number of anilines is 2. The van der Waals surface area contributed by atoms with Crippen LogP contribution in [0.15, 0.2) is 48.5 Å². The first-order valence-electron chi connectivity index (χ1n) is 8.66. The van der Waals surface area contributed by atoms with E-state index in [4.69, 9.17) is 10.5 Å². The Balaban J connectivity index is 1.87. The lowest BCUT2D eigenvalue weighted by atomic mass is 10.2. The monoisotopic (exact) mass is 369 g/mol. The summed E-state index contributed by atoms with van der Waals surface area (Å²) in [5.41, 5.74) is 7.37. The largest absolute Gasteiger partial charge is 0.452 e. The van der Waals surface area contributed by atoms with Crippen LogP contribution in [0.4, 0.5) is 11.4 Å². The summed E-state index contributed by atoms with van der Waals surface area (Å²) in [6.45, 7) is 5.47. The molecule has 0 aromatic heterocycles. The van der Waals surface area contributed by atoms with E-state index in [1.807, 2.05) is 12.1 Å². The van der Waals surface area contributed by atoms with Gasteiger partial charge in [0.15, 0.2) is 6.61 Å². The highest BCUT2D eigenvalue weighted by molar-refractivity contribution is 5.96. The minimum absolute atomic E-state index is 0.340. The number of hydrogen-bond donors (Lipinski definition) is 2. The predicted octanol–water partition coefficient (Wildman–Crippen LogP) is 2.43. The maximum absolute atomic E-state index is 12.1. The summed E-state index contributed by atoms with van der Waals surface area (Å²) < 4.78 is 5.04. The van der Waals surface area contributed by atoms with Crippen LogP contribution in [0, 0.1) is 0 Å². The summed E-state index contributed by atoms with van der Waals surface area (Å²) >= 11 is 0. The average Bonchev–Trinajstić information content (AvgIpc) is 2.68. The molecule has 2 aromatic rings.